The summed E-state index contributed by atoms with van der Waals surface area (Å²) in [5, 5.41) is 1.84. The van der Waals surface area contributed by atoms with Crippen molar-refractivity contribution in [3.05, 3.63) is 59.9 Å². The number of benzene rings is 2. The first-order valence-corrected chi connectivity index (χ1v) is 12.5. The Morgan fingerprint density at radius 3 is 2.67 bits per heavy atom. The summed E-state index contributed by atoms with van der Waals surface area (Å²) in [6.07, 6.45) is 17.5. The molecule has 1 heteroatoms. The summed E-state index contributed by atoms with van der Waals surface area (Å²) in [6.45, 7) is 6.06. The van der Waals surface area contributed by atoms with Gasteiger partial charge >= 0.3 is 0 Å². The fraction of sp³-hybridized carbons (Fsp3) is 0.586. The molecule has 0 aromatic heterocycles. The third kappa shape index (κ3) is 4.82. The highest BCUT2D eigenvalue weighted by Crippen LogP contribution is 2.48. The van der Waals surface area contributed by atoms with Crippen LogP contribution in [0.4, 0.5) is 4.39 Å². The Morgan fingerprint density at radius 1 is 1.00 bits per heavy atom. The summed E-state index contributed by atoms with van der Waals surface area (Å²) in [5.74, 6) is 3.50. The van der Waals surface area contributed by atoms with Crippen LogP contribution < -0.4 is 0 Å². The van der Waals surface area contributed by atoms with Crippen molar-refractivity contribution >= 4 is 10.8 Å². The smallest absolute Gasteiger partial charge is 0.134 e. The third-order valence-corrected chi connectivity index (χ3v) is 8.08. The van der Waals surface area contributed by atoms with Crippen LogP contribution in [0, 0.1) is 23.6 Å². The number of rotatable bonds is 8. The summed E-state index contributed by atoms with van der Waals surface area (Å²) in [6, 6.07) is 10.6. The lowest BCUT2D eigenvalue weighted by molar-refractivity contribution is 0.113. The van der Waals surface area contributed by atoms with Crippen molar-refractivity contribution in [3.8, 4) is 0 Å². The quantitative estimate of drug-likeness (QED) is 0.303. The van der Waals surface area contributed by atoms with E-state index in [9.17, 15) is 4.39 Å². The standard InChI is InChI=1S/C29H39F/c1-3-5-7-8-21-10-11-24-19-25(14-13-23(24)18-21)26-16-17-28-27(20-26)15-12-22(29(28)30)9-6-4-2/h4,12,15-17,20-21,23-25H,2-3,5-11,13-14,18-19H2,1H3/t21?,23-,24?,25-/m1/s1. The van der Waals surface area contributed by atoms with Crippen LogP contribution in [0.5, 0.6) is 0 Å². The lowest BCUT2D eigenvalue weighted by atomic mass is 9.63. The molecule has 0 radical (unpaired) electrons. The molecule has 2 unspecified atom stereocenters. The number of hydrogen-bond donors (Lipinski definition) is 0. The van der Waals surface area contributed by atoms with E-state index in [2.05, 4.69) is 31.7 Å². The number of halogens is 1. The van der Waals surface area contributed by atoms with Crippen molar-refractivity contribution in [2.24, 2.45) is 17.8 Å². The van der Waals surface area contributed by atoms with Crippen LogP contribution in [0.2, 0.25) is 0 Å². The number of fused-ring (bicyclic) bond motifs is 2. The first kappa shape index (κ1) is 21.6. The fourth-order valence-electron chi connectivity index (χ4n) is 6.29. The van der Waals surface area contributed by atoms with E-state index in [-0.39, 0.29) is 5.82 Å². The molecule has 2 aliphatic carbocycles. The molecule has 0 saturated heterocycles. The number of hydrogen-bond acceptors (Lipinski definition) is 0. The van der Waals surface area contributed by atoms with Gasteiger partial charge < -0.3 is 0 Å². The zero-order chi connectivity index (χ0) is 20.9. The Morgan fingerprint density at radius 2 is 1.83 bits per heavy atom. The summed E-state index contributed by atoms with van der Waals surface area (Å²) in [7, 11) is 0. The Kier molecular flexibility index (Phi) is 7.28. The molecule has 0 nitrogen and oxygen atoms in total. The molecule has 162 valence electrons. The average molecular weight is 407 g/mol. The molecule has 0 N–H and O–H groups in total. The zero-order valence-corrected chi connectivity index (χ0v) is 18.8. The fourth-order valence-corrected chi connectivity index (χ4v) is 6.29. The Labute approximate surface area is 183 Å². The van der Waals surface area contributed by atoms with E-state index in [1.54, 1.807) is 0 Å². The van der Waals surface area contributed by atoms with Crippen molar-refractivity contribution in [2.45, 2.75) is 89.9 Å². The van der Waals surface area contributed by atoms with E-state index in [0.717, 1.165) is 46.9 Å². The monoisotopic (exact) mass is 406 g/mol. The van der Waals surface area contributed by atoms with Gasteiger partial charge in [-0.1, -0.05) is 75.4 Å². The van der Waals surface area contributed by atoms with Gasteiger partial charge in [0.25, 0.3) is 0 Å². The molecule has 2 aromatic rings. The highest BCUT2D eigenvalue weighted by Gasteiger charge is 2.35. The van der Waals surface area contributed by atoms with Gasteiger partial charge in [0.1, 0.15) is 5.82 Å². The van der Waals surface area contributed by atoms with Crippen LogP contribution in [0.25, 0.3) is 10.8 Å². The largest absolute Gasteiger partial charge is 0.206 e. The van der Waals surface area contributed by atoms with E-state index >= 15 is 0 Å². The van der Waals surface area contributed by atoms with Gasteiger partial charge in [0.15, 0.2) is 0 Å². The second kappa shape index (κ2) is 10.1. The van der Waals surface area contributed by atoms with E-state index < -0.39 is 0 Å². The minimum Gasteiger partial charge on any atom is -0.206 e. The molecule has 0 aliphatic heterocycles. The molecule has 2 saturated carbocycles. The van der Waals surface area contributed by atoms with Crippen molar-refractivity contribution in [1.29, 1.82) is 0 Å². The second-order valence-electron chi connectivity index (χ2n) is 10.1. The van der Waals surface area contributed by atoms with Crippen LogP contribution in [-0.4, -0.2) is 0 Å². The summed E-state index contributed by atoms with van der Waals surface area (Å²) in [4.78, 5) is 0. The topological polar surface area (TPSA) is 0 Å². The molecule has 2 aromatic carbocycles. The molecule has 0 amide bonds. The zero-order valence-electron chi connectivity index (χ0n) is 18.8. The summed E-state index contributed by atoms with van der Waals surface area (Å²) >= 11 is 0. The molecule has 4 atom stereocenters. The maximum Gasteiger partial charge on any atom is 0.134 e. The normalized spacial score (nSPS) is 26.5. The predicted octanol–water partition coefficient (Wildman–Crippen LogP) is 8.98. The van der Waals surface area contributed by atoms with E-state index in [0.29, 0.717) is 5.92 Å². The van der Waals surface area contributed by atoms with E-state index in [1.165, 1.54) is 69.8 Å². The van der Waals surface area contributed by atoms with Gasteiger partial charge in [-0.3, -0.25) is 0 Å². The van der Waals surface area contributed by atoms with Gasteiger partial charge in [0.05, 0.1) is 0 Å². The van der Waals surface area contributed by atoms with Gasteiger partial charge in [-0.15, -0.1) is 6.58 Å². The van der Waals surface area contributed by atoms with Gasteiger partial charge in [-0.05, 0) is 85.1 Å². The van der Waals surface area contributed by atoms with E-state index in [1.807, 2.05) is 18.2 Å². The first-order valence-electron chi connectivity index (χ1n) is 12.5. The maximum absolute atomic E-state index is 14.9. The first-order chi connectivity index (χ1) is 14.7. The van der Waals surface area contributed by atoms with Gasteiger partial charge in [0, 0.05) is 5.39 Å². The highest BCUT2D eigenvalue weighted by atomic mass is 19.1. The lowest BCUT2D eigenvalue weighted by Gasteiger charge is -2.42. The number of aryl methyl sites for hydroxylation is 1. The van der Waals surface area contributed by atoms with Crippen LogP contribution in [-0.2, 0) is 6.42 Å². The van der Waals surface area contributed by atoms with Crippen LogP contribution in [0.1, 0.15) is 94.6 Å². The average Bonchev–Trinajstić information content (AvgIpc) is 2.78. The molecule has 0 spiro atoms. The van der Waals surface area contributed by atoms with E-state index in [4.69, 9.17) is 0 Å². The molecule has 30 heavy (non-hydrogen) atoms. The Hall–Kier alpha value is -1.63. The number of allylic oxidation sites excluding steroid dienone is 1. The SMILES string of the molecule is C=CCCc1ccc2cc([C@@H]3CC[C@@H]4CC(CCCCC)CCC4C3)ccc2c1F. The molecule has 4 rings (SSSR count). The van der Waals surface area contributed by atoms with Crippen LogP contribution in [0.3, 0.4) is 0 Å². The molecular weight excluding hydrogens is 367 g/mol. The Bertz CT molecular complexity index is 851. The maximum atomic E-state index is 14.9. The van der Waals surface area contributed by atoms with Crippen LogP contribution >= 0.6 is 0 Å². The summed E-state index contributed by atoms with van der Waals surface area (Å²) in [5.41, 5.74) is 2.25. The van der Waals surface area contributed by atoms with Crippen LogP contribution in [0.15, 0.2) is 43.0 Å². The predicted molar refractivity (Wildman–Crippen MR) is 127 cm³/mol. The van der Waals surface area contributed by atoms with Crippen molar-refractivity contribution in [2.75, 3.05) is 0 Å². The minimum absolute atomic E-state index is 0.0361. The van der Waals surface area contributed by atoms with Crippen molar-refractivity contribution in [1.82, 2.24) is 0 Å². The third-order valence-electron chi connectivity index (χ3n) is 8.08. The molecule has 0 heterocycles. The highest BCUT2D eigenvalue weighted by molar-refractivity contribution is 5.84. The molecular formula is C29H39F. The second-order valence-corrected chi connectivity index (χ2v) is 10.1. The van der Waals surface area contributed by atoms with Gasteiger partial charge in [-0.25, -0.2) is 4.39 Å². The summed E-state index contributed by atoms with van der Waals surface area (Å²) < 4.78 is 14.9. The molecule has 0 bridgehead atoms. The molecule has 2 aliphatic rings. The Balaban J connectivity index is 1.41. The van der Waals surface area contributed by atoms with Gasteiger partial charge in [-0.2, -0.15) is 0 Å². The molecule has 2 fully saturated rings. The number of unbranched alkanes of at least 4 members (excludes halogenated alkanes) is 2. The minimum atomic E-state index is -0.0361. The lowest BCUT2D eigenvalue weighted by Crippen LogP contribution is -2.30. The van der Waals surface area contributed by atoms with Gasteiger partial charge in [0.2, 0.25) is 0 Å². The van der Waals surface area contributed by atoms with Crippen molar-refractivity contribution < 1.29 is 4.39 Å². The van der Waals surface area contributed by atoms with Crippen molar-refractivity contribution in [3.63, 3.8) is 0 Å².